The molecule has 1 aromatic carbocycles. The maximum Gasteiger partial charge on any atom is 0.274 e. The van der Waals surface area contributed by atoms with Crippen LogP contribution in [0.1, 0.15) is 41.6 Å². The first-order chi connectivity index (χ1) is 11.1. The minimum Gasteiger partial charge on any atom is -0.341 e. The summed E-state index contributed by atoms with van der Waals surface area (Å²) in [5.41, 5.74) is 9.41. The number of pyridine rings is 1. The van der Waals surface area contributed by atoms with E-state index >= 15 is 0 Å². The minimum atomic E-state index is -0.238. The number of carbonyl (C=O) groups excluding carboxylic acids is 1. The number of nitrogens with one attached hydrogen (secondary N) is 2. The van der Waals surface area contributed by atoms with Gasteiger partial charge in [-0.2, -0.15) is 0 Å². The maximum absolute atomic E-state index is 12.3. The standard InChI is InChI=1S/C17H19N5O/c1-10(2)11-3-5-14(19-9-11)17(23)20-12-4-6-13-15(7-12)22-16(8-18)21-13/h3-7,9-10H,8,18H2,1-2H3,(H,20,23)(H,21,22). The molecular formula is C17H19N5O. The first-order valence-corrected chi connectivity index (χ1v) is 7.53. The lowest BCUT2D eigenvalue weighted by Crippen LogP contribution is -2.13. The van der Waals surface area contributed by atoms with E-state index in [1.54, 1.807) is 12.3 Å². The zero-order chi connectivity index (χ0) is 16.4. The van der Waals surface area contributed by atoms with Gasteiger partial charge in [-0.25, -0.2) is 4.98 Å². The molecule has 6 nitrogen and oxygen atoms in total. The van der Waals surface area contributed by atoms with E-state index < -0.39 is 0 Å². The summed E-state index contributed by atoms with van der Waals surface area (Å²) in [6, 6.07) is 9.16. The van der Waals surface area contributed by atoms with E-state index in [1.807, 2.05) is 24.3 Å². The van der Waals surface area contributed by atoms with Crippen LogP contribution >= 0.6 is 0 Å². The first-order valence-electron chi connectivity index (χ1n) is 7.53. The summed E-state index contributed by atoms with van der Waals surface area (Å²) in [7, 11) is 0. The van der Waals surface area contributed by atoms with Gasteiger partial charge in [-0.1, -0.05) is 19.9 Å². The highest BCUT2D eigenvalue weighted by atomic mass is 16.1. The van der Waals surface area contributed by atoms with Crippen LogP contribution in [0.3, 0.4) is 0 Å². The number of amides is 1. The number of aromatic amines is 1. The van der Waals surface area contributed by atoms with Crippen molar-refractivity contribution in [3.8, 4) is 0 Å². The molecule has 0 spiro atoms. The third-order valence-electron chi connectivity index (χ3n) is 3.67. The van der Waals surface area contributed by atoms with E-state index in [-0.39, 0.29) is 5.91 Å². The second-order valence-electron chi connectivity index (χ2n) is 5.71. The van der Waals surface area contributed by atoms with Gasteiger partial charge in [0.1, 0.15) is 11.5 Å². The van der Waals surface area contributed by atoms with Gasteiger partial charge in [-0.05, 0) is 35.7 Å². The third kappa shape index (κ3) is 3.22. The average molecular weight is 309 g/mol. The van der Waals surface area contributed by atoms with Crippen molar-refractivity contribution in [3.63, 3.8) is 0 Å². The van der Waals surface area contributed by atoms with E-state index in [2.05, 4.69) is 34.1 Å². The fraction of sp³-hybridized carbons (Fsp3) is 0.235. The number of benzene rings is 1. The summed E-state index contributed by atoms with van der Waals surface area (Å²) in [5, 5.41) is 2.85. The van der Waals surface area contributed by atoms with E-state index in [0.29, 0.717) is 23.8 Å². The molecule has 118 valence electrons. The number of fused-ring (bicyclic) bond motifs is 1. The smallest absolute Gasteiger partial charge is 0.274 e. The van der Waals surface area contributed by atoms with Gasteiger partial charge in [0, 0.05) is 11.9 Å². The van der Waals surface area contributed by atoms with Gasteiger partial charge in [0.05, 0.1) is 17.6 Å². The van der Waals surface area contributed by atoms with Crippen LogP contribution in [0.5, 0.6) is 0 Å². The van der Waals surface area contributed by atoms with E-state index in [9.17, 15) is 4.79 Å². The summed E-state index contributed by atoms with van der Waals surface area (Å²) in [6.45, 7) is 4.53. The van der Waals surface area contributed by atoms with Gasteiger partial charge in [-0.15, -0.1) is 0 Å². The molecule has 2 heterocycles. The predicted octanol–water partition coefficient (Wildman–Crippen LogP) is 2.79. The molecule has 4 N–H and O–H groups in total. The Morgan fingerprint density at radius 3 is 2.78 bits per heavy atom. The van der Waals surface area contributed by atoms with Crippen LogP contribution in [0.2, 0.25) is 0 Å². The molecule has 3 aromatic rings. The lowest BCUT2D eigenvalue weighted by Gasteiger charge is -2.07. The van der Waals surface area contributed by atoms with Crippen LogP contribution in [0.15, 0.2) is 36.5 Å². The van der Waals surface area contributed by atoms with Crippen molar-refractivity contribution >= 4 is 22.6 Å². The lowest BCUT2D eigenvalue weighted by atomic mass is 10.1. The Bertz CT molecular complexity index is 836. The van der Waals surface area contributed by atoms with Crippen LogP contribution < -0.4 is 11.1 Å². The van der Waals surface area contributed by atoms with E-state index in [1.165, 1.54) is 0 Å². The first kappa shape index (κ1) is 15.2. The average Bonchev–Trinajstić information content (AvgIpc) is 2.97. The van der Waals surface area contributed by atoms with Gasteiger partial charge >= 0.3 is 0 Å². The Morgan fingerprint density at radius 1 is 1.30 bits per heavy atom. The molecule has 6 heteroatoms. The van der Waals surface area contributed by atoms with Crippen molar-refractivity contribution in [3.05, 3.63) is 53.6 Å². The molecule has 0 unspecified atom stereocenters. The Balaban J connectivity index is 1.79. The second kappa shape index (κ2) is 6.18. The third-order valence-corrected chi connectivity index (χ3v) is 3.67. The zero-order valence-corrected chi connectivity index (χ0v) is 13.1. The van der Waals surface area contributed by atoms with Crippen molar-refractivity contribution < 1.29 is 4.79 Å². The molecule has 0 radical (unpaired) electrons. The summed E-state index contributed by atoms with van der Waals surface area (Å²) in [4.78, 5) is 23.9. The quantitative estimate of drug-likeness (QED) is 0.690. The number of anilines is 1. The number of H-pyrrole nitrogens is 1. The number of imidazole rings is 1. The molecule has 23 heavy (non-hydrogen) atoms. The maximum atomic E-state index is 12.3. The van der Waals surface area contributed by atoms with Gasteiger partial charge < -0.3 is 16.0 Å². The van der Waals surface area contributed by atoms with Crippen LogP contribution in [-0.4, -0.2) is 20.9 Å². The number of nitrogens with zero attached hydrogens (tertiary/aromatic N) is 2. The zero-order valence-electron chi connectivity index (χ0n) is 13.1. The van der Waals surface area contributed by atoms with Crippen molar-refractivity contribution in [2.45, 2.75) is 26.3 Å². The Hall–Kier alpha value is -2.73. The minimum absolute atomic E-state index is 0.238. The van der Waals surface area contributed by atoms with Crippen molar-refractivity contribution in [2.24, 2.45) is 5.73 Å². The molecule has 0 atom stereocenters. The fourth-order valence-corrected chi connectivity index (χ4v) is 2.31. The molecular weight excluding hydrogens is 290 g/mol. The van der Waals surface area contributed by atoms with Crippen molar-refractivity contribution in [1.29, 1.82) is 0 Å². The Labute approximate surface area is 134 Å². The van der Waals surface area contributed by atoms with Crippen LogP contribution in [-0.2, 0) is 6.54 Å². The SMILES string of the molecule is CC(C)c1ccc(C(=O)Nc2ccc3nc(CN)[nH]c3c2)nc1. The van der Waals surface area contributed by atoms with Crippen LogP contribution in [0.25, 0.3) is 11.0 Å². The number of carbonyl (C=O) groups is 1. The normalized spacial score (nSPS) is 11.1. The van der Waals surface area contributed by atoms with E-state index in [4.69, 9.17) is 5.73 Å². The van der Waals surface area contributed by atoms with Gasteiger partial charge in [0.25, 0.3) is 5.91 Å². The van der Waals surface area contributed by atoms with Crippen molar-refractivity contribution in [1.82, 2.24) is 15.0 Å². The number of rotatable bonds is 4. The van der Waals surface area contributed by atoms with Crippen LogP contribution in [0, 0.1) is 0 Å². The summed E-state index contributed by atoms with van der Waals surface area (Å²) < 4.78 is 0. The molecule has 0 aliphatic rings. The molecule has 2 aromatic heterocycles. The molecule has 1 amide bonds. The molecule has 0 fully saturated rings. The molecule has 0 bridgehead atoms. The highest BCUT2D eigenvalue weighted by Crippen LogP contribution is 2.18. The predicted molar refractivity (Wildman–Crippen MR) is 90.3 cm³/mol. The summed E-state index contributed by atoms with van der Waals surface area (Å²) >= 11 is 0. The molecule has 0 saturated carbocycles. The molecule has 0 aliphatic carbocycles. The highest BCUT2D eigenvalue weighted by molar-refractivity contribution is 6.03. The molecule has 0 aliphatic heterocycles. The van der Waals surface area contributed by atoms with Gasteiger partial charge in [-0.3, -0.25) is 9.78 Å². The largest absolute Gasteiger partial charge is 0.341 e. The van der Waals surface area contributed by atoms with E-state index in [0.717, 1.165) is 22.4 Å². The number of aromatic nitrogens is 3. The van der Waals surface area contributed by atoms with Crippen molar-refractivity contribution in [2.75, 3.05) is 5.32 Å². The second-order valence-corrected chi connectivity index (χ2v) is 5.71. The monoisotopic (exact) mass is 309 g/mol. The van der Waals surface area contributed by atoms with Gasteiger partial charge in [0.15, 0.2) is 0 Å². The molecule has 3 rings (SSSR count). The summed E-state index contributed by atoms with van der Waals surface area (Å²) in [5.74, 6) is 0.867. The van der Waals surface area contributed by atoms with Gasteiger partial charge in [0.2, 0.25) is 0 Å². The summed E-state index contributed by atoms with van der Waals surface area (Å²) in [6.07, 6.45) is 1.74. The Morgan fingerprint density at radius 2 is 2.13 bits per heavy atom. The number of hydrogen-bond acceptors (Lipinski definition) is 4. The number of nitrogens with two attached hydrogens (primary N) is 1. The lowest BCUT2D eigenvalue weighted by molar-refractivity contribution is 0.102. The fourth-order valence-electron chi connectivity index (χ4n) is 2.31. The van der Waals surface area contributed by atoms with Crippen LogP contribution in [0.4, 0.5) is 5.69 Å². The number of hydrogen-bond donors (Lipinski definition) is 3. The molecule has 0 saturated heterocycles. The highest BCUT2D eigenvalue weighted by Gasteiger charge is 2.10. The Kier molecular flexibility index (Phi) is 4.08. The topological polar surface area (TPSA) is 96.7 Å².